The number of phenolic OH excluding ortho intramolecular Hbond substituents is 2. The third-order valence-corrected chi connectivity index (χ3v) is 8.63. The van der Waals surface area contributed by atoms with Crippen LogP contribution in [-0.2, 0) is 0 Å². The molecule has 2 rings (SSSR count). The van der Waals surface area contributed by atoms with E-state index < -0.39 is 0 Å². The molecular formula is C28H42O2S4. The van der Waals surface area contributed by atoms with Crippen LogP contribution in [0.25, 0.3) is 11.1 Å². The number of hydrogen-bond acceptors (Lipinski definition) is 6. The van der Waals surface area contributed by atoms with Gasteiger partial charge in [-0.3, -0.25) is 0 Å². The second-order valence-electron chi connectivity index (χ2n) is 12.5. The topological polar surface area (TPSA) is 40.5 Å². The van der Waals surface area contributed by atoms with E-state index in [4.69, 9.17) is 0 Å². The molecule has 34 heavy (non-hydrogen) atoms. The van der Waals surface area contributed by atoms with E-state index in [0.29, 0.717) is 0 Å². The summed E-state index contributed by atoms with van der Waals surface area (Å²) >= 11 is 7.12. The van der Waals surface area contributed by atoms with E-state index in [1.54, 1.807) is 47.0 Å². The van der Waals surface area contributed by atoms with Crippen molar-refractivity contribution >= 4 is 47.0 Å². The van der Waals surface area contributed by atoms with Crippen LogP contribution in [0, 0.1) is 0 Å². The third-order valence-electron chi connectivity index (χ3n) is 4.02. The van der Waals surface area contributed by atoms with Crippen LogP contribution < -0.4 is 0 Å². The molecule has 2 nitrogen and oxygen atoms in total. The quantitative estimate of drug-likeness (QED) is 0.369. The van der Waals surface area contributed by atoms with E-state index in [9.17, 15) is 10.2 Å². The fraction of sp³-hybridized carbons (Fsp3) is 0.571. The lowest BCUT2D eigenvalue weighted by Gasteiger charge is -2.29. The van der Waals surface area contributed by atoms with Crippen molar-refractivity contribution in [3.63, 3.8) is 0 Å². The summed E-state index contributed by atoms with van der Waals surface area (Å²) < 4.78 is -0.120. The van der Waals surface area contributed by atoms with Crippen LogP contribution in [0.4, 0.5) is 0 Å². The van der Waals surface area contributed by atoms with Gasteiger partial charge in [0.05, 0.1) is 0 Å². The van der Waals surface area contributed by atoms with Crippen LogP contribution in [0.1, 0.15) is 83.1 Å². The molecule has 0 fully saturated rings. The minimum Gasteiger partial charge on any atom is -0.508 e. The van der Waals surface area contributed by atoms with Gasteiger partial charge in [0.15, 0.2) is 0 Å². The molecule has 0 aliphatic carbocycles. The van der Waals surface area contributed by atoms with Crippen molar-refractivity contribution in [2.24, 2.45) is 0 Å². The molecule has 0 heterocycles. The molecule has 0 aromatic heterocycles. The molecule has 2 N–H and O–H groups in total. The fourth-order valence-electron chi connectivity index (χ4n) is 3.29. The van der Waals surface area contributed by atoms with Gasteiger partial charge in [0.25, 0.3) is 0 Å². The highest BCUT2D eigenvalue weighted by molar-refractivity contribution is 8.02. The second-order valence-corrected chi connectivity index (χ2v) is 20.0. The maximum absolute atomic E-state index is 10.7. The van der Waals surface area contributed by atoms with Gasteiger partial charge < -0.3 is 10.2 Å². The van der Waals surface area contributed by atoms with E-state index in [2.05, 4.69) is 83.1 Å². The molecule has 0 aliphatic heterocycles. The molecule has 0 radical (unpaired) electrons. The lowest BCUT2D eigenvalue weighted by Crippen LogP contribution is -2.12. The van der Waals surface area contributed by atoms with E-state index in [0.717, 1.165) is 30.7 Å². The van der Waals surface area contributed by atoms with Gasteiger partial charge in [-0.2, -0.15) is 0 Å². The van der Waals surface area contributed by atoms with E-state index >= 15 is 0 Å². The van der Waals surface area contributed by atoms with Crippen LogP contribution in [0.2, 0.25) is 0 Å². The van der Waals surface area contributed by atoms with Crippen molar-refractivity contribution in [1.29, 1.82) is 0 Å². The zero-order chi connectivity index (χ0) is 26.3. The summed E-state index contributed by atoms with van der Waals surface area (Å²) in [5.74, 6) is 0.576. The first-order valence-corrected chi connectivity index (χ1v) is 14.9. The van der Waals surface area contributed by atoms with E-state index in [1.807, 2.05) is 24.3 Å². The zero-order valence-corrected chi connectivity index (χ0v) is 26.1. The number of rotatable bonds is 5. The van der Waals surface area contributed by atoms with E-state index in [1.165, 1.54) is 0 Å². The Kier molecular flexibility index (Phi) is 9.10. The molecule has 0 bridgehead atoms. The lowest BCUT2D eigenvalue weighted by molar-refractivity contribution is 0.471. The first kappa shape index (κ1) is 29.7. The molecule has 190 valence electrons. The van der Waals surface area contributed by atoms with Gasteiger partial charge >= 0.3 is 0 Å². The Labute approximate surface area is 224 Å². The lowest BCUT2D eigenvalue weighted by atomic mass is 10.0. The highest BCUT2D eigenvalue weighted by Gasteiger charge is 2.29. The van der Waals surface area contributed by atoms with Crippen molar-refractivity contribution in [2.45, 2.75) is 122 Å². The van der Waals surface area contributed by atoms with Gasteiger partial charge in [0.2, 0.25) is 0 Å². The second kappa shape index (κ2) is 10.4. The number of hydrogen-bond donors (Lipinski definition) is 2. The van der Waals surface area contributed by atoms with Gasteiger partial charge in [0.1, 0.15) is 11.5 Å². The Morgan fingerprint density at radius 3 is 0.735 bits per heavy atom. The summed E-state index contributed by atoms with van der Waals surface area (Å²) in [6.45, 7) is 26.4. The van der Waals surface area contributed by atoms with Crippen molar-refractivity contribution in [1.82, 2.24) is 0 Å². The summed E-state index contributed by atoms with van der Waals surface area (Å²) in [5.41, 5.74) is 2.30. The van der Waals surface area contributed by atoms with Crippen molar-refractivity contribution in [3.8, 4) is 22.6 Å². The smallest absolute Gasteiger partial charge is 0.117 e. The van der Waals surface area contributed by atoms with Crippen LogP contribution >= 0.6 is 47.0 Å². The molecule has 0 saturated carbocycles. The minimum atomic E-state index is -0.0300. The number of thioether (sulfide) groups is 4. The van der Waals surface area contributed by atoms with Crippen LogP contribution in [0.15, 0.2) is 43.8 Å². The van der Waals surface area contributed by atoms with E-state index in [-0.39, 0.29) is 30.5 Å². The Hall–Kier alpha value is -0.560. The molecule has 0 aliphatic rings. The fourth-order valence-corrected chi connectivity index (χ4v) is 8.03. The van der Waals surface area contributed by atoms with Gasteiger partial charge in [-0.25, -0.2) is 0 Å². The standard InChI is InChI=1S/C28H42O2S4/c1-25(2,3)31-19-13-17(29)14-20(32-26(4,5)6)23(19)24-21(33-27(7,8)9)15-18(30)16-22(24)34-28(10,11)12/h13-16,29-30H,1-12H3. The molecule has 2 aromatic rings. The first-order valence-electron chi connectivity index (χ1n) is 11.6. The normalized spacial score (nSPS) is 13.4. The SMILES string of the molecule is CC(C)(C)Sc1cc(O)cc(SC(C)(C)C)c1-c1c(SC(C)(C)C)cc(O)cc1SC(C)(C)C. The molecule has 2 aromatic carbocycles. The molecule has 0 amide bonds. The Morgan fingerprint density at radius 2 is 0.588 bits per heavy atom. The van der Waals surface area contributed by atoms with Crippen LogP contribution in [0.3, 0.4) is 0 Å². The number of aromatic hydroxyl groups is 2. The highest BCUT2D eigenvalue weighted by Crippen LogP contribution is 2.55. The van der Waals surface area contributed by atoms with Crippen molar-refractivity contribution in [2.75, 3.05) is 0 Å². The number of benzene rings is 2. The molecule has 0 unspecified atom stereocenters. The first-order chi connectivity index (χ1) is 15.1. The van der Waals surface area contributed by atoms with Crippen molar-refractivity contribution < 1.29 is 10.2 Å². The Balaban J connectivity index is 3.03. The maximum atomic E-state index is 10.7. The third kappa shape index (κ3) is 9.48. The van der Waals surface area contributed by atoms with Gasteiger partial charge in [-0.1, -0.05) is 83.1 Å². The molecule has 6 heteroatoms. The predicted octanol–water partition coefficient (Wildman–Crippen LogP) is 10.3. The molecule has 0 spiro atoms. The maximum Gasteiger partial charge on any atom is 0.117 e. The van der Waals surface area contributed by atoms with Crippen molar-refractivity contribution in [3.05, 3.63) is 24.3 Å². The molecule has 0 atom stereocenters. The Morgan fingerprint density at radius 1 is 0.412 bits per heavy atom. The van der Waals surface area contributed by atoms with Gasteiger partial charge in [0, 0.05) is 49.7 Å². The predicted molar refractivity (Wildman–Crippen MR) is 158 cm³/mol. The van der Waals surface area contributed by atoms with Gasteiger partial charge in [-0.05, 0) is 24.3 Å². The summed E-state index contributed by atoms with van der Waals surface area (Å²) in [4.78, 5) is 4.26. The highest BCUT2D eigenvalue weighted by atomic mass is 32.2. The zero-order valence-electron chi connectivity index (χ0n) is 22.8. The van der Waals surface area contributed by atoms with Crippen LogP contribution in [-0.4, -0.2) is 29.2 Å². The monoisotopic (exact) mass is 538 g/mol. The largest absolute Gasteiger partial charge is 0.508 e. The average Bonchev–Trinajstić information content (AvgIpc) is 2.50. The average molecular weight is 539 g/mol. The summed E-state index contributed by atoms with van der Waals surface area (Å²) in [6.07, 6.45) is 0. The van der Waals surface area contributed by atoms with Gasteiger partial charge in [-0.15, -0.1) is 47.0 Å². The number of phenols is 2. The summed E-state index contributed by atoms with van der Waals surface area (Å²) in [5, 5.41) is 21.5. The molecule has 0 saturated heterocycles. The molecular weight excluding hydrogens is 497 g/mol. The summed E-state index contributed by atoms with van der Waals surface area (Å²) in [6, 6.07) is 7.62. The minimum absolute atomic E-state index is 0.0300. The Bertz CT molecular complexity index is 859. The van der Waals surface area contributed by atoms with Crippen LogP contribution in [0.5, 0.6) is 11.5 Å². The summed E-state index contributed by atoms with van der Waals surface area (Å²) in [7, 11) is 0.